The van der Waals surface area contributed by atoms with Gasteiger partial charge in [0.1, 0.15) is 5.82 Å². The highest BCUT2D eigenvalue weighted by molar-refractivity contribution is 5.57. The Balaban J connectivity index is 1.77. The average molecular weight is 256 g/mol. The Hall–Kier alpha value is -2.03. The van der Waals surface area contributed by atoms with Crippen LogP contribution < -0.4 is 10.2 Å². The van der Waals surface area contributed by atoms with Crippen LogP contribution in [0.3, 0.4) is 0 Å². The van der Waals surface area contributed by atoms with Gasteiger partial charge in [-0.25, -0.2) is 4.39 Å². The fourth-order valence-corrected chi connectivity index (χ4v) is 2.54. The van der Waals surface area contributed by atoms with Gasteiger partial charge in [0.15, 0.2) is 0 Å². The summed E-state index contributed by atoms with van der Waals surface area (Å²) < 4.78 is 13.2. The van der Waals surface area contributed by atoms with Crippen molar-refractivity contribution >= 4 is 11.4 Å². The second kappa shape index (κ2) is 4.92. The van der Waals surface area contributed by atoms with Crippen molar-refractivity contribution in [3.63, 3.8) is 0 Å². The Morgan fingerprint density at radius 2 is 2.11 bits per heavy atom. The van der Waals surface area contributed by atoms with E-state index in [9.17, 15) is 4.39 Å². The van der Waals surface area contributed by atoms with Crippen LogP contribution in [0.1, 0.15) is 11.1 Å². The van der Waals surface area contributed by atoms with E-state index in [1.807, 2.05) is 13.1 Å². The maximum atomic E-state index is 13.2. The molecule has 2 aromatic carbocycles. The van der Waals surface area contributed by atoms with Crippen molar-refractivity contribution in [3.05, 3.63) is 59.4 Å². The van der Waals surface area contributed by atoms with E-state index in [0.29, 0.717) is 0 Å². The number of benzene rings is 2. The van der Waals surface area contributed by atoms with Gasteiger partial charge in [0.2, 0.25) is 0 Å². The molecule has 0 saturated carbocycles. The number of hydrogen-bond acceptors (Lipinski definition) is 2. The topological polar surface area (TPSA) is 15.3 Å². The fourth-order valence-electron chi connectivity index (χ4n) is 2.54. The molecule has 1 aliphatic heterocycles. The predicted molar refractivity (Wildman–Crippen MR) is 77.1 cm³/mol. The van der Waals surface area contributed by atoms with Gasteiger partial charge in [-0.3, -0.25) is 0 Å². The van der Waals surface area contributed by atoms with Crippen molar-refractivity contribution in [1.82, 2.24) is 0 Å². The molecule has 0 spiro atoms. The molecule has 0 bridgehead atoms. The summed E-state index contributed by atoms with van der Waals surface area (Å²) in [6.45, 7) is 1.81. The van der Waals surface area contributed by atoms with E-state index in [1.54, 1.807) is 12.1 Å². The molecule has 98 valence electrons. The Bertz CT molecular complexity index is 595. The van der Waals surface area contributed by atoms with Crippen LogP contribution in [0, 0.1) is 5.82 Å². The lowest BCUT2D eigenvalue weighted by Gasteiger charge is -2.20. The zero-order valence-electron chi connectivity index (χ0n) is 11.0. The molecule has 0 fully saturated rings. The summed E-state index contributed by atoms with van der Waals surface area (Å²) >= 11 is 0. The largest absolute Gasteiger partial charge is 0.384 e. The molecule has 0 atom stereocenters. The third-order valence-corrected chi connectivity index (χ3v) is 3.55. The summed E-state index contributed by atoms with van der Waals surface area (Å²) in [5, 5.41) is 3.36. The van der Waals surface area contributed by atoms with Crippen LogP contribution in [-0.2, 0) is 13.0 Å². The molecule has 0 saturated heterocycles. The van der Waals surface area contributed by atoms with Gasteiger partial charge in [0, 0.05) is 31.5 Å². The van der Waals surface area contributed by atoms with Crippen molar-refractivity contribution < 1.29 is 4.39 Å². The van der Waals surface area contributed by atoms with Gasteiger partial charge in [0.25, 0.3) is 0 Å². The van der Waals surface area contributed by atoms with Gasteiger partial charge < -0.3 is 10.2 Å². The normalized spacial score (nSPS) is 12.9. The zero-order valence-corrected chi connectivity index (χ0v) is 11.0. The first-order chi connectivity index (χ1) is 9.22. The van der Waals surface area contributed by atoms with E-state index in [1.165, 1.54) is 22.9 Å². The Morgan fingerprint density at radius 1 is 1.21 bits per heavy atom. The van der Waals surface area contributed by atoms with E-state index in [4.69, 9.17) is 0 Å². The number of nitrogens with one attached hydrogen (secondary N) is 1. The van der Waals surface area contributed by atoms with E-state index in [-0.39, 0.29) is 5.82 Å². The molecule has 0 amide bonds. The first kappa shape index (κ1) is 12.0. The van der Waals surface area contributed by atoms with Gasteiger partial charge in [-0.05, 0) is 41.8 Å². The number of nitrogens with zero attached hydrogens (tertiary/aromatic N) is 1. The summed E-state index contributed by atoms with van der Waals surface area (Å²) in [5.74, 6) is -0.192. The lowest BCUT2D eigenvalue weighted by atomic mass is 10.1. The molecule has 0 unspecified atom stereocenters. The highest BCUT2D eigenvalue weighted by Crippen LogP contribution is 2.24. The molecule has 2 aromatic rings. The molecule has 0 aromatic heterocycles. The van der Waals surface area contributed by atoms with Crippen LogP contribution in [-0.4, -0.2) is 13.6 Å². The molecular formula is C16H17FN2. The van der Waals surface area contributed by atoms with Crippen LogP contribution in [0.5, 0.6) is 0 Å². The molecule has 3 heteroatoms. The van der Waals surface area contributed by atoms with Crippen LogP contribution in [0.25, 0.3) is 0 Å². The Labute approximate surface area is 112 Å². The first-order valence-electron chi connectivity index (χ1n) is 6.55. The number of anilines is 2. The molecule has 19 heavy (non-hydrogen) atoms. The zero-order chi connectivity index (χ0) is 13.2. The monoisotopic (exact) mass is 256 g/mol. The van der Waals surface area contributed by atoms with Crippen LogP contribution in [0.4, 0.5) is 15.8 Å². The third kappa shape index (κ3) is 2.55. The highest BCUT2D eigenvalue weighted by atomic mass is 19.1. The van der Waals surface area contributed by atoms with E-state index in [0.717, 1.165) is 25.2 Å². The molecule has 3 rings (SSSR count). The third-order valence-electron chi connectivity index (χ3n) is 3.55. The second-order valence-electron chi connectivity index (χ2n) is 5.00. The highest BCUT2D eigenvalue weighted by Gasteiger charge is 2.11. The van der Waals surface area contributed by atoms with E-state index in [2.05, 4.69) is 28.4 Å². The van der Waals surface area contributed by atoms with Gasteiger partial charge >= 0.3 is 0 Å². The summed E-state index contributed by atoms with van der Waals surface area (Å²) in [6, 6.07) is 13.2. The summed E-state index contributed by atoms with van der Waals surface area (Å²) in [7, 11) is 1.99. The van der Waals surface area contributed by atoms with Crippen LogP contribution >= 0.6 is 0 Å². The fraction of sp³-hybridized carbons (Fsp3) is 0.250. The van der Waals surface area contributed by atoms with Crippen molar-refractivity contribution in [2.75, 3.05) is 23.8 Å². The quantitative estimate of drug-likeness (QED) is 0.905. The molecular weight excluding hydrogens is 239 g/mol. The number of rotatable bonds is 3. The van der Waals surface area contributed by atoms with Crippen LogP contribution in [0.2, 0.25) is 0 Å². The SMILES string of the molecule is CN(Cc1ccc2c(c1)CCN2)c1cccc(F)c1. The van der Waals surface area contributed by atoms with Gasteiger partial charge in [-0.1, -0.05) is 18.2 Å². The van der Waals surface area contributed by atoms with E-state index < -0.39 is 0 Å². The van der Waals surface area contributed by atoms with Crippen molar-refractivity contribution in [2.45, 2.75) is 13.0 Å². The molecule has 2 nitrogen and oxygen atoms in total. The smallest absolute Gasteiger partial charge is 0.125 e. The van der Waals surface area contributed by atoms with E-state index >= 15 is 0 Å². The van der Waals surface area contributed by atoms with Crippen molar-refractivity contribution in [2.24, 2.45) is 0 Å². The van der Waals surface area contributed by atoms with Crippen LogP contribution in [0.15, 0.2) is 42.5 Å². The Morgan fingerprint density at radius 3 is 2.95 bits per heavy atom. The summed E-state index contributed by atoms with van der Waals surface area (Å²) in [5.41, 5.74) is 4.79. The predicted octanol–water partition coefficient (Wildman–Crippen LogP) is 3.43. The van der Waals surface area contributed by atoms with Crippen molar-refractivity contribution in [1.29, 1.82) is 0 Å². The maximum absolute atomic E-state index is 13.2. The Kier molecular flexibility index (Phi) is 3.11. The number of hydrogen-bond donors (Lipinski definition) is 1. The lowest BCUT2D eigenvalue weighted by Crippen LogP contribution is -2.16. The summed E-state index contributed by atoms with van der Waals surface area (Å²) in [4.78, 5) is 2.06. The minimum atomic E-state index is -0.192. The number of fused-ring (bicyclic) bond motifs is 1. The van der Waals surface area contributed by atoms with Gasteiger partial charge in [0.05, 0.1) is 0 Å². The van der Waals surface area contributed by atoms with Gasteiger partial charge in [-0.2, -0.15) is 0 Å². The minimum absolute atomic E-state index is 0.192. The average Bonchev–Trinajstić information content (AvgIpc) is 2.86. The lowest BCUT2D eigenvalue weighted by molar-refractivity contribution is 0.627. The van der Waals surface area contributed by atoms with Gasteiger partial charge in [-0.15, -0.1) is 0 Å². The molecule has 0 aliphatic carbocycles. The minimum Gasteiger partial charge on any atom is -0.384 e. The first-order valence-corrected chi connectivity index (χ1v) is 6.55. The molecule has 0 radical (unpaired) electrons. The standard InChI is InChI=1S/C16H17FN2/c1-19(15-4-2-3-14(17)10-15)11-12-5-6-16-13(9-12)7-8-18-16/h2-6,9-10,18H,7-8,11H2,1H3. The molecule has 1 aliphatic rings. The molecule has 1 heterocycles. The number of halogens is 1. The maximum Gasteiger partial charge on any atom is 0.125 e. The molecule has 1 N–H and O–H groups in total. The second-order valence-corrected chi connectivity index (χ2v) is 5.00. The van der Waals surface area contributed by atoms with Crippen molar-refractivity contribution in [3.8, 4) is 0 Å². The summed E-state index contributed by atoms with van der Waals surface area (Å²) in [6.07, 6.45) is 1.09.